The van der Waals surface area contributed by atoms with Crippen LogP contribution in [0.15, 0.2) is 57.7 Å². The van der Waals surface area contributed by atoms with Crippen molar-refractivity contribution in [2.45, 2.75) is 13.8 Å². The minimum absolute atomic E-state index is 0.0252. The van der Waals surface area contributed by atoms with E-state index in [9.17, 15) is 14.7 Å². The number of carboxylic acids is 1. The molecule has 5 nitrogen and oxygen atoms in total. The number of carbonyl (C=O) groups is 1. The standard InChI is InChI=1S/C22H20O5/c1-14(2)13-26-21-19(10-8-15-6-4-3-5-7-15)27-18-11-9-16(22(24)25)12-17(18)20(21)23/h3-12,14H,13H2,1-2H3,(H,24,25)/b10-8+. The molecule has 0 bridgehead atoms. The topological polar surface area (TPSA) is 76.7 Å². The number of benzene rings is 2. The lowest BCUT2D eigenvalue weighted by Gasteiger charge is -2.11. The van der Waals surface area contributed by atoms with E-state index in [1.54, 1.807) is 6.08 Å². The van der Waals surface area contributed by atoms with Gasteiger partial charge in [0, 0.05) is 0 Å². The molecule has 1 aromatic heterocycles. The van der Waals surface area contributed by atoms with Crippen molar-refractivity contribution in [3.8, 4) is 5.75 Å². The van der Waals surface area contributed by atoms with Crippen molar-refractivity contribution >= 4 is 29.1 Å². The fraction of sp³-hybridized carbons (Fsp3) is 0.182. The lowest BCUT2D eigenvalue weighted by molar-refractivity contribution is 0.0697. The average molecular weight is 364 g/mol. The average Bonchev–Trinajstić information content (AvgIpc) is 2.66. The fourth-order valence-corrected chi connectivity index (χ4v) is 2.56. The summed E-state index contributed by atoms with van der Waals surface area (Å²) in [5.41, 5.74) is 0.913. The number of ether oxygens (including phenoxy) is 1. The van der Waals surface area contributed by atoms with Gasteiger partial charge in [0.2, 0.25) is 11.2 Å². The lowest BCUT2D eigenvalue weighted by atomic mass is 10.1. The van der Waals surface area contributed by atoms with E-state index in [1.165, 1.54) is 18.2 Å². The maximum atomic E-state index is 12.9. The van der Waals surface area contributed by atoms with Crippen molar-refractivity contribution in [1.82, 2.24) is 0 Å². The third kappa shape index (κ3) is 4.26. The van der Waals surface area contributed by atoms with Crippen molar-refractivity contribution < 1.29 is 19.1 Å². The highest BCUT2D eigenvalue weighted by Gasteiger charge is 2.16. The van der Waals surface area contributed by atoms with Crippen LogP contribution in [0.1, 0.15) is 35.5 Å². The molecule has 0 saturated heterocycles. The first-order chi connectivity index (χ1) is 13.0. The zero-order chi connectivity index (χ0) is 19.4. The molecule has 138 valence electrons. The molecule has 5 heteroatoms. The predicted octanol–water partition coefficient (Wildman–Crippen LogP) is 4.70. The van der Waals surface area contributed by atoms with Crippen LogP contribution in [0.2, 0.25) is 0 Å². The first-order valence-corrected chi connectivity index (χ1v) is 8.66. The Labute approximate surface area is 156 Å². The van der Waals surface area contributed by atoms with Crippen molar-refractivity contribution in [2.24, 2.45) is 5.92 Å². The number of hydrogen-bond acceptors (Lipinski definition) is 4. The van der Waals surface area contributed by atoms with Gasteiger partial charge in [-0.3, -0.25) is 4.79 Å². The summed E-state index contributed by atoms with van der Waals surface area (Å²) in [6.45, 7) is 4.30. The van der Waals surface area contributed by atoms with Gasteiger partial charge in [-0.15, -0.1) is 0 Å². The highest BCUT2D eigenvalue weighted by Crippen LogP contribution is 2.24. The number of fused-ring (bicyclic) bond motifs is 1. The second-order valence-corrected chi connectivity index (χ2v) is 6.59. The Morgan fingerprint density at radius 1 is 1.15 bits per heavy atom. The van der Waals surface area contributed by atoms with Crippen LogP contribution in [0.25, 0.3) is 23.1 Å². The van der Waals surface area contributed by atoms with E-state index in [1.807, 2.05) is 50.3 Å². The van der Waals surface area contributed by atoms with E-state index in [2.05, 4.69) is 0 Å². The first kappa shape index (κ1) is 18.5. The smallest absolute Gasteiger partial charge is 0.335 e. The minimum Gasteiger partial charge on any atom is -0.486 e. The Morgan fingerprint density at radius 2 is 1.89 bits per heavy atom. The van der Waals surface area contributed by atoms with E-state index in [-0.39, 0.29) is 28.0 Å². The van der Waals surface area contributed by atoms with Crippen LogP contribution in [0, 0.1) is 5.92 Å². The number of carboxylic acid groups (broad SMARTS) is 1. The molecule has 0 spiro atoms. The van der Waals surface area contributed by atoms with E-state index in [0.717, 1.165) is 5.56 Å². The van der Waals surface area contributed by atoms with Gasteiger partial charge in [0.1, 0.15) is 5.58 Å². The second kappa shape index (κ2) is 7.91. The maximum Gasteiger partial charge on any atom is 0.335 e. The van der Waals surface area contributed by atoms with E-state index in [0.29, 0.717) is 18.0 Å². The zero-order valence-corrected chi connectivity index (χ0v) is 15.1. The molecule has 0 unspecified atom stereocenters. The van der Waals surface area contributed by atoms with Crippen molar-refractivity contribution in [2.75, 3.05) is 6.61 Å². The third-order valence-corrected chi connectivity index (χ3v) is 3.91. The van der Waals surface area contributed by atoms with E-state index in [4.69, 9.17) is 9.15 Å². The Kier molecular flexibility index (Phi) is 5.41. The summed E-state index contributed by atoms with van der Waals surface area (Å²) < 4.78 is 11.6. The van der Waals surface area contributed by atoms with Gasteiger partial charge < -0.3 is 14.3 Å². The molecule has 0 atom stereocenters. The number of aromatic carboxylic acids is 1. The van der Waals surface area contributed by atoms with E-state index >= 15 is 0 Å². The molecule has 0 saturated carbocycles. The Hall–Kier alpha value is -3.34. The molecule has 0 amide bonds. The maximum absolute atomic E-state index is 12.9. The predicted molar refractivity (Wildman–Crippen MR) is 105 cm³/mol. The van der Waals surface area contributed by atoms with Crippen molar-refractivity contribution in [3.63, 3.8) is 0 Å². The van der Waals surface area contributed by atoms with Crippen LogP contribution in [0.3, 0.4) is 0 Å². The summed E-state index contributed by atoms with van der Waals surface area (Å²) in [4.78, 5) is 24.1. The first-order valence-electron chi connectivity index (χ1n) is 8.66. The summed E-state index contributed by atoms with van der Waals surface area (Å²) in [6.07, 6.45) is 3.52. The minimum atomic E-state index is -1.10. The van der Waals surface area contributed by atoms with Crippen LogP contribution < -0.4 is 10.2 Å². The van der Waals surface area contributed by atoms with E-state index < -0.39 is 5.97 Å². The monoisotopic (exact) mass is 364 g/mol. The van der Waals surface area contributed by atoms with Gasteiger partial charge in [0.05, 0.1) is 17.6 Å². The van der Waals surface area contributed by atoms with Crippen LogP contribution in [-0.4, -0.2) is 17.7 Å². The molecule has 0 radical (unpaired) electrons. The quantitative estimate of drug-likeness (QED) is 0.686. The Morgan fingerprint density at radius 3 is 2.56 bits per heavy atom. The summed E-state index contributed by atoms with van der Waals surface area (Å²) in [7, 11) is 0. The molecule has 1 heterocycles. The molecule has 2 aromatic carbocycles. The normalized spacial score (nSPS) is 11.4. The summed E-state index contributed by atoms with van der Waals surface area (Å²) in [5.74, 6) is -0.489. The summed E-state index contributed by atoms with van der Waals surface area (Å²) in [6, 6.07) is 13.8. The van der Waals surface area contributed by atoms with Gasteiger partial charge in [-0.25, -0.2) is 4.79 Å². The SMILES string of the molecule is CC(C)COc1c(/C=C/c2ccccc2)oc2ccc(C(=O)O)cc2c1=O. The highest BCUT2D eigenvalue weighted by atomic mass is 16.5. The van der Waals surface area contributed by atoms with Crippen molar-refractivity contribution in [1.29, 1.82) is 0 Å². The molecule has 0 aliphatic rings. The summed E-state index contributed by atoms with van der Waals surface area (Å²) >= 11 is 0. The van der Waals surface area contributed by atoms with Gasteiger partial charge in [-0.2, -0.15) is 0 Å². The molecule has 0 aliphatic heterocycles. The molecular formula is C22H20O5. The van der Waals surface area contributed by atoms with Crippen LogP contribution in [0.5, 0.6) is 5.75 Å². The highest BCUT2D eigenvalue weighted by molar-refractivity contribution is 5.93. The second-order valence-electron chi connectivity index (χ2n) is 6.59. The van der Waals surface area contributed by atoms with Crippen molar-refractivity contribution in [3.05, 3.63) is 75.6 Å². The zero-order valence-electron chi connectivity index (χ0n) is 15.1. The van der Waals surface area contributed by atoms with Crippen LogP contribution in [0.4, 0.5) is 0 Å². The van der Waals surface area contributed by atoms with Gasteiger partial charge in [0.15, 0.2) is 5.76 Å². The van der Waals surface area contributed by atoms with Crippen LogP contribution in [-0.2, 0) is 0 Å². The summed E-state index contributed by atoms with van der Waals surface area (Å²) in [5, 5.41) is 9.36. The molecule has 0 fully saturated rings. The van der Waals surface area contributed by atoms with Gasteiger partial charge in [-0.05, 0) is 35.8 Å². The fourth-order valence-electron chi connectivity index (χ4n) is 2.56. The molecule has 3 aromatic rings. The molecule has 1 N–H and O–H groups in total. The molecule has 0 aliphatic carbocycles. The number of hydrogen-bond donors (Lipinski definition) is 1. The Bertz CT molecular complexity index is 1050. The molecule has 3 rings (SSSR count). The molecule has 27 heavy (non-hydrogen) atoms. The molecular weight excluding hydrogens is 344 g/mol. The number of rotatable bonds is 6. The van der Waals surface area contributed by atoms with Crippen LogP contribution >= 0.6 is 0 Å². The van der Waals surface area contributed by atoms with Gasteiger partial charge >= 0.3 is 5.97 Å². The lowest BCUT2D eigenvalue weighted by Crippen LogP contribution is -2.14. The Balaban J connectivity index is 2.13. The largest absolute Gasteiger partial charge is 0.486 e. The third-order valence-electron chi connectivity index (χ3n) is 3.91. The van der Waals surface area contributed by atoms with Gasteiger partial charge in [-0.1, -0.05) is 50.3 Å². The van der Waals surface area contributed by atoms with Gasteiger partial charge in [0.25, 0.3) is 0 Å².